The molecule has 1 aromatic heterocycles. The number of hydrogen-bond acceptors (Lipinski definition) is 2. The van der Waals surface area contributed by atoms with Crippen LogP contribution >= 0.6 is 0 Å². The number of aromatic amines is 1. The van der Waals surface area contributed by atoms with Gasteiger partial charge in [0, 0.05) is 29.4 Å². The second-order valence-electron chi connectivity index (χ2n) is 5.83. The van der Waals surface area contributed by atoms with Crippen molar-refractivity contribution in [2.45, 2.75) is 13.5 Å². The second kappa shape index (κ2) is 7.31. The molecule has 0 saturated heterocycles. The van der Waals surface area contributed by atoms with Crippen molar-refractivity contribution in [1.29, 1.82) is 0 Å². The lowest BCUT2D eigenvalue weighted by atomic mass is 10.0. The minimum absolute atomic E-state index is 0.138. The van der Waals surface area contributed by atoms with Crippen molar-refractivity contribution < 1.29 is 18.4 Å². The summed E-state index contributed by atoms with van der Waals surface area (Å²) in [6.45, 7) is 1.54. The van der Waals surface area contributed by atoms with Gasteiger partial charge in [-0.1, -0.05) is 30.3 Å². The maximum Gasteiger partial charge on any atom is 0.267 e. The molecule has 0 saturated carbocycles. The molecule has 4 nitrogen and oxygen atoms in total. The van der Waals surface area contributed by atoms with Crippen LogP contribution in [0.3, 0.4) is 0 Å². The van der Waals surface area contributed by atoms with Crippen LogP contribution < -0.4 is 5.32 Å². The number of benzene rings is 2. The summed E-state index contributed by atoms with van der Waals surface area (Å²) in [6.07, 6.45) is 1.44. The van der Waals surface area contributed by atoms with Crippen LogP contribution in [0.15, 0.2) is 54.7 Å². The van der Waals surface area contributed by atoms with Crippen molar-refractivity contribution >= 4 is 11.7 Å². The van der Waals surface area contributed by atoms with E-state index < -0.39 is 17.5 Å². The predicted molar refractivity (Wildman–Crippen MR) is 92.9 cm³/mol. The van der Waals surface area contributed by atoms with Crippen LogP contribution in [0.25, 0.3) is 0 Å². The Labute approximate surface area is 148 Å². The molecule has 0 radical (unpaired) electrons. The highest BCUT2D eigenvalue weighted by Crippen LogP contribution is 2.15. The fraction of sp³-hybridized carbons (Fsp3) is 0.100. The van der Waals surface area contributed by atoms with Gasteiger partial charge >= 0.3 is 0 Å². The number of aromatic nitrogens is 1. The van der Waals surface area contributed by atoms with Gasteiger partial charge in [0.1, 0.15) is 17.3 Å². The van der Waals surface area contributed by atoms with Gasteiger partial charge in [-0.15, -0.1) is 0 Å². The number of carbonyl (C=O) groups excluding carboxylic acids is 2. The monoisotopic (exact) mass is 354 g/mol. The number of ketones is 1. The molecule has 2 N–H and O–H groups in total. The fourth-order valence-corrected chi connectivity index (χ4v) is 2.60. The topological polar surface area (TPSA) is 62.0 Å². The Morgan fingerprint density at radius 2 is 1.73 bits per heavy atom. The first-order chi connectivity index (χ1) is 12.5. The average Bonchev–Trinajstić information content (AvgIpc) is 3.11. The lowest BCUT2D eigenvalue weighted by Gasteiger charge is -2.06. The largest absolute Gasteiger partial charge is 0.356 e. The van der Waals surface area contributed by atoms with Crippen LogP contribution in [0.5, 0.6) is 0 Å². The Balaban J connectivity index is 1.72. The van der Waals surface area contributed by atoms with E-state index in [2.05, 4.69) is 10.3 Å². The maximum absolute atomic E-state index is 13.6. The Morgan fingerprint density at radius 1 is 1.04 bits per heavy atom. The van der Waals surface area contributed by atoms with E-state index in [0.29, 0.717) is 11.1 Å². The molecule has 0 unspecified atom stereocenters. The van der Waals surface area contributed by atoms with Crippen molar-refractivity contribution in [3.63, 3.8) is 0 Å². The number of hydrogen-bond donors (Lipinski definition) is 2. The van der Waals surface area contributed by atoms with Gasteiger partial charge in [-0.3, -0.25) is 9.59 Å². The first-order valence-electron chi connectivity index (χ1n) is 7.97. The molecular formula is C20H16F2N2O2. The summed E-state index contributed by atoms with van der Waals surface area (Å²) >= 11 is 0. The zero-order valence-corrected chi connectivity index (χ0v) is 14.0. The number of nitrogens with one attached hydrogen (secondary N) is 2. The zero-order valence-electron chi connectivity index (χ0n) is 14.0. The summed E-state index contributed by atoms with van der Waals surface area (Å²) in [7, 11) is 0. The van der Waals surface area contributed by atoms with Crippen molar-refractivity contribution in [3.8, 4) is 0 Å². The standard InChI is InChI=1S/C20H16F2N2O2/c1-12-5-2-3-6-14(12)19(25)13-9-18(23-10-13)20(26)24-11-15-16(21)7-4-8-17(15)22/h2-10,23H,11H2,1H3,(H,24,26). The summed E-state index contributed by atoms with van der Waals surface area (Å²) in [4.78, 5) is 27.4. The summed E-state index contributed by atoms with van der Waals surface area (Å²) in [5.41, 5.74) is 1.63. The summed E-state index contributed by atoms with van der Waals surface area (Å²) in [6, 6.07) is 12.1. The van der Waals surface area contributed by atoms with E-state index >= 15 is 0 Å². The highest BCUT2D eigenvalue weighted by Gasteiger charge is 2.16. The van der Waals surface area contributed by atoms with Crippen LogP contribution in [0.4, 0.5) is 8.78 Å². The van der Waals surface area contributed by atoms with Gasteiger partial charge in [0.2, 0.25) is 0 Å². The number of rotatable bonds is 5. The third-order valence-corrected chi connectivity index (χ3v) is 4.07. The molecule has 3 rings (SSSR count). The molecule has 0 aliphatic carbocycles. The first-order valence-corrected chi connectivity index (χ1v) is 7.97. The molecule has 132 valence electrons. The Bertz CT molecular complexity index is 959. The number of aryl methyl sites for hydroxylation is 1. The molecule has 3 aromatic rings. The summed E-state index contributed by atoms with van der Waals surface area (Å²) in [5, 5.41) is 2.44. The highest BCUT2D eigenvalue weighted by molar-refractivity contribution is 6.11. The average molecular weight is 354 g/mol. The van der Waals surface area contributed by atoms with Crippen LogP contribution in [0.2, 0.25) is 0 Å². The lowest BCUT2D eigenvalue weighted by Crippen LogP contribution is -2.24. The number of carbonyl (C=O) groups is 2. The quantitative estimate of drug-likeness (QED) is 0.685. The normalized spacial score (nSPS) is 10.6. The van der Waals surface area contributed by atoms with E-state index in [4.69, 9.17) is 0 Å². The van der Waals surface area contributed by atoms with Gasteiger partial charge in [-0.2, -0.15) is 0 Å². The molecule has 0 spiro atoms. The highest BCUT2D eigenvalue weighted by atomic mass is 19.1. The third kappa shape index (κ3) is 3.54. The van der Waals surface area contributed by atoms with E-state index in [1.807, 2.05) is 19.1 Å². The van der Waals surface area contributed by atoms with Gasteiger partial charge in [0.25, 0.3) is 5.91 Å². The van der Waals surface area contributed by atoms with E-state index in [1.54, 1.807) is 12.1 Å². The van der Waals surface area contributed by atoms with E-state index in [1.165, 1.54) is 18.3 Å². The molecular weight excluding hydrogens is 338 g/mol. The third-order valence-electron chi connectivity index (χ3n) is 4.07. The maximum atomic E-state index is 13.6. The smallest absolute Gasteiger partial charge is 0.267 e. The van der Waals surface area contributed by atoms with E-state index in [0.717, 1.165) is 17.7 Å². The van der Waals surface area contributed by atoms with Gasteiger partial charge in [-0.05, 0) is 30.7 Å². The summed E-state index contributed by atoms with van der Waals surface area (Å²) < 4.78 is 27.2. The molecule has 0 atom stereocenters. The van der Waals surface area contributed by atoms with Crippen molar-refractivity contribution in [2.24, 2.45) is 0 Å². The molecule has 26 heavy (non-hydrogen) atoms. The van der Waals surface area contributed by atoms with Gasteiger partial charge < -0.3 is 10.3 Å². The van der Waals surface area contributed by atoms with Gasteiger partial charge in [0.05, 0.1) is 0 Å². The summed E-state index contributed by atoms with van der Waals surface area (Å²) in [5.74, 6) is -2.23. The van der Waals surface area contributed by atoms with E-state index in [-0.39, 0.29) is 23.6 Å². The molecule has 0 aliphatic heterocycles. The zero-order chi connectivity index (χ0) is 18.7. The molecule has 0 aliphatic rings. The van der Waals surface area contributed by atoms with Crippen LogP contribution in [-0.2, 0) is 6.54 Å². The minimum Gasteiger partial charge on any atom is -0.356 e. The van der Waals surface area contributed by atoms with Crippen LogP contribution in [-0.4, -0.2) is 16.7 Å². The Kier molecular flexibility index (Phi) is 4.93. The van der Waals surface area contributed by atoms with Crippen molar-refractivity contribution in [2.75, 3.05) is 0 Å². The van der Waals surface area contributed by atoms with Gasteiger partial charge in [-0.25, -0.2) is 8.78 Å². The SMILES string of the molecule is Cc1ccccc1C(=O)c1c[nH]c(C(=O)NCc2c(F)cccc2F)c1. The Morgan fingerprint density at radius 3 is 2.42 bits per heavy atom. The van der Waals surface area contributed by atoms with Crippen molar-refractivity contribution in [1.82, 2.24) is 10.3 Å². The molecule has 0 fully saturated rings. The minimum atomic E-state index is -0.729. The molecule has 2 aromatic carbocycles. The molecule has 1 heterocycles. The second-order valence-corrected chi connectivity index (χ2v) is 5.83. The lowest BCUT2D eigenvalue weighted by molar-refractivity contribution is 0.0945. The molecule has 6 heteroatoms. The van der Waals surface area contributed by atoms with Crippen LogP contribution in [0, 0.1) is 18.6 Å². The van der Waals surface area contributed by atoms with Crippen molar-refractivity contribution in [3.05, 3.63) is 94.3 Å². The van der Waals surface area contributed by atoms with E-state index in [9.17, 15) is 18.4 Å². The molecule has 1 amide bonds. The Hall–Kier alpha value is -3.28. The predicted octanol–water partition coefficient (Wildman–Crippen LogP) is 3.76. The number of H-pyrrole nitrogens is 1. The fourth-order valence-electron chi connectivity index (χ4n) is 2.60. The number of amides is 1. The van der Waals surface area contributed by atoms with Gasteiger partial charge in [0.15, 0.2) is 5.78 Å². The number of halogens is 2. The first kappa shape index (κ1) is 17.5. The molecule has 0 bridgehead atoms. The van der Waals surface area contributed by atoms with Crippen LogP contribution in [0.1, 0.15) is 37.5 Å².